The molecule has 0 bridgehead atoms. The van der Waals surface area contributed by atoms with Gasteiger partial charge in [-0.05, 0) is 22.3 Å². The van der Waals surface area contributed by atoms with Crippen LogP contribution in [-0.4, -0.2) is 54.3 Å². The molecular formula is C32H27N5O4S2. The fourth-order valence-electron chi connectivity index (χ4n) is 5.49. The van der Waals surface area contributed by atoms with E-state index in [1.165, 1.54) is 22.7 Å². The van der Waals surface area contributed by atoms with E-state index in [-0.39, 0.29) is 12.1 Å². The van der Waals surface area contributed by atoms with E-state index >= 15 is 0 Å². The molecule has 3 N–H and O–H groups in total. The lowest BCUT2D eigenvalue weighted by atomic mass is 9.77. The van der Waals surface area contributed by atoms with Crippen molar-refractivity contribution >= 4 is 46.2 Å². The number of nitrogens with one attached hydrogen (secondary N) is 2. The lowest BCUT2D eigenvalue weighted by molar-refractivity contribution is -0.150. The summed E-state index contributed by atoms with van der Waals surface area (Å²) in [5, 5.41) is 16.1. The third-order valence-corrected chi connectivity index (χ3v) is 9.44. The number of rotatable bonds is 10. The summed E-state index contributed by atoms with van der Waals surface area (Å²) < 4.78 is 4.44. The predicted molar refractivity (Wildman–Crippen MR) is 166 cm³/mol. The third kappa shape index (κ3) is 5.21. The number of carboxylic acids is 1. The Bertz CT molecular complexity index is 1610. The van der Waals surface area contributed by atoms with Crippen molar-refractivity contribution < 1.29 is 19.5 Å². The quantitative estimate of drug-likeness (QED) is 0.179. The van der Waals surface area contributed by atoms with E-state index < -0.39 is 34.7 Å². The van der Waals surface area contributed by atoms with Gasteiger partial charge >= 0.3 is 5.97 Å². The zero-order valence-corrected chi connectivity index (χ0v) is 24.5. The number of nitrogens with zero attached hydrogens (tertiary/aromatic N) is 3. The predicted octanol–water partition coefficient (Wildman–Crippen LogP) is 4.41. The number of carbonyl (C=O) groups excluding carboxylic acids is 2. The fraction of sp³-hybridized carbons (Fsp3) is 0.156. The smallest absolute Gasteiger partial charge is 0.352 e. The number of hydrogen-bond donors (Lipinski definition) is 3. The Kier molecular flexibility index (Phi) is 7.83. The number of β-lactam (4-membered cyclic amide) rings is 1. The Hall–Kier alpha value is -4.74. The number of carbonyl (C=O) groups is 3. The molecule has 0 radical (unpaired) electrons. The highest BCUT2D eigenvalue weighted by molar-refractivity contribution is 8.00. The lowest BCUT2D eigenvalue weighted by Crippen LogP contribution is -2.70. The second-order valence-corrected chi connectivity index (χ2v) is 11.9. The average Bonchev–Trinajstić information content (AvgIpc) is 3.49. The largest absolute Gasteiger partial charge is 0.477 e. The molecule has 2 aliphatic heterocycles. The second-order valence-electron chi connectivity index (χ2n) is 10.0. The van der Waals surface area contributed by atoms with Crippen molar-refractivity contribution in [2.75, 3.05) is 11.1 Å². The summed E-state index contributed by atoms with van der Waals surface area (Å²) in [5.74, 6) is -1.37. The van der Waals surface area contributed by atoms with Crippen molar-refractivity contribution in [3.8, 4) is 0 Å². The molecule has 0 saturated carbocycles. The van der Waals surface area contributed by atoms with E-state index in [0.29, 0.717) is 22.3 Å². The van der Waals surface area contributed by atoms with E-state index in [1.54, 1.807) is 0 Å². The van der Waals surface area contributed by atoms with Crippen LogP contribution in [0, 0.1) is 0 Å². The van der Waals surface area contributed by atoms with Gasteiger partial charge in [-0.15, -0.1) is 11.8 Å². The van der Waals surface area contributed by atoms with Crippen LogP contribution < -0.4 is 10.6 Å². The van der Waals surface area contributed by atoms with Crippen LogP contribution >= 0.6 is 23.3 Å². The maximum Gasteiger partial charge on any atom is 0.352 e. The first kappa shape index (κ1) is 28.4. The maximum absolute atomic E-state index is 13.0. The van der Waals surface area contributed by atoms with Gasteiger partial charge in [-0.25, -0.2) is 9.78 Å². The molecule has 11 heteroatoms. The highest BCUT2D eigenvalue weighted by Crippen LogP contribution is 2.41. The van der Waals surface area contributed by atoms with Crippen molar-refractivity contribution in [2.24, 2.45) is 0 Å². The number of aliphatic carboxylic acids is 1. The van der Waals surface area contributed by atoms with Crippen molar-refractivity contribution in [1.29, 1.82) is 0 Å². The summed E-state index contributed by atoms with van der Waals surface area (Å²) >= 11 is 2.54. The number of anilines is 1. The van der Waals surface area contributed by atoms with Gasteiger partial charge < -0.3 is 15.7 Å². The number of thioether (sulfide) groups is 1. The van der Waals surface area contributed by atoms with Crippen molar-refractivity contribution in [3.05, 3.63) is 137 Å². The van der Waals surface area contributed by atoms with Gasteiger partial charge in [0.25, 0.3) is 5.91 Å². The highest BCUT2D eigenvalue weighted by atomic mass is 32.2. The fourth-order valence-corrected chi connectivity index (χ4v) is 7.47. The molecular weight excluding hydrogens is 583 g/mol. The number of hydrogen-bond acceptors (Lipinski definition) is 8. The zero-order chi connectivity index (χ0) is 30.0. The molecule has 216 valence electrons. The van der Waals surface area contributed by atoms with Gasteiger partial charge in [-0.1, -0.05) is 104 Å². The SMILES string of the molecule is C=CC1=C(C(=O)O)N2C(=O)C(NC(=O)Cc3nsc(NC(c4ccccc4)(c4ccccc4)c4ccccc4)n3)[C@@H]2SC1. The summed E-state index contributed by atoms with van der Waals surface area (Å²) in [6.07, 6.45) is 1.32. The standard InChI is InChI=1S/C32H27N5O4S2/c1-2-20-19-42-29-26(28(39)37(29)27(20)30(40)41)34-25(38)18-24-33-31(43-36-24)35-32(21-12-6-3-7-13-21,22-14-8-4-9-15-22)23-16-10-5-11-17-23/h2-17,26,29H,1,18-19H2,(H,34,38)(H,40,41)(H,33,35,36)/t26?,29-/m0/s1. The van der Waals surface area contributed by atoms with Crippen LogP contribution in [0.3, 0.4) is 0 Å². The minimum absolute atomic E-state index is 0.0788. The van der Waals surface area contributed by atoms with Gasteiger partial charge in [0.1, 0.15) is 22.7 Å². The number of carboxylic acid groups (broad SMARTS) is 1. The van der Waals surface area contributed by atoms with Crippen molar-refractivity contribution in [3.63, 3.8) is 0 Å². The summed E-state index contributed by atoms with van der Waals surface area (Å²) in [6, 6.07) is 29.4. The highest BCUT2D eigenvalue weighted by Gasteiger charge is 2.54. The van der Waals surface area contributed by atoms with E-state index in [4.69, 9.17) is 0 Å². The van der Waals surface area contributed by atoms with Crippen LogP contribution in [0.2, 0.25) is 0 Å². The molecule has 4 aromatic rings. The Labute approximate surface area is 256 Å². The molecule has 1 saturated heterocycles. The molecule has 9 nitrogen and oxygen atoms in total. The van der Waals surface area contributed by atoms with Crippen LogP contribution in [-0.2, 0) is 26.3 Å². The molecule has 1 aromatic heterocycles. The molecule has 0 spiro atoms. The minimum Gasteiger partial charge on any atom is -0.477 e. The molecule has 0 aliphatic carbocycles. The number of fused-ring (bicyclic) bond motifs is 1. The number of amides is 2. The van der Waals surface area contributed by atoms with Gasteiger partial charge in [-0.3, -0.25) is 14.5 Å². The average molecular weight is 610 g/mol. The molecule has 3 aromatic carbocycles. The first-order valence-electron chi connectivity index (χ1n) is 13.5. The van der Waals surface area contributed by atoms with Crippen molar-refractivity contribution in [2.45, 2.75) is 23.4 Å². The van der Waals surface area contributed by atoms with Crippen LogP contribution in [0.25, 0.3) is 0 Å². The maximum atomic E-state index is 13.0. The molecule has 1 fully saturated rings. The van der Waals surface area contributed by atoms with Gasteiger partial charge in [0, 0.05) is 17.3 Å². The molecule has 2 atom stereocenters. The summed E-state index contributed by atoms with van der Waals surface area (Å²) in [6.45, 7) is 3.66. The first-order valence-corrected chi connectivity index (χ1v) is 15.3. The van der Waals surface area contributed by atoms with Crippen LogP contribution in [0.4, 0.5) is 5.13 Å². The van der Waals surface area contributed by atoms with Crippen LogP contribution in [0.1, 0.15) is 22.5 Å². The summed E-state index contributed by atoms with van der Waals surface area (Å²) in [7, 11) is 0. The molecule has 43 heavy (non-hydrogen) atoms. The van der Waals surface area contributed by atoms with E-state index in [2.05, 4.69) is 63.0 Å². The zero-order valence-electron chi connectivity index (χ0n) is 22.8. The van der Waals surface area contributed by atoms with Crippen molar-refractivity contribution in [1.82, 2.24) is 19.6 Å². The van der Waals surface area contributed by atoms with Gasteiger partial charge in [0.05, 0.1) is 6.42 Å². The summed E-state index contributed by atoms with van der Waals surface area (Å²) in [4.78, 5) is 43.5. The number of benzene rings is 3. The molecule has 6 rings (SSSR count). The molecule has 2 amide bonds. The Balaban J connectivity index is 1.23. The third-order valence-electron chi connectivity index (χ3n) is 7.46. The van der Waals surface area contributed by atoms with Gasteiger partial charge in [0.15, 0.2) is 5.82 Å². The first-order chi connectivity index (χ1) is 20.9. The monoisotopic (exact) mass is 609 g/mol. The summed E-state index contributed by atoms with van der Waals surface area (Å²) in [5.41, 5.74) is 2.64. The Morgan fingerprint density at radius 2 is 1.53 bits per heavy atom. The minimum atomic E-state index is -1.19. The molecule has 2 aliphatic rings. The van der Waals surface area contributed by atoms with E-state index in [9.17, 15) is 19.5 Å². The number of allylic oxidation sites excluding steroid dienone is 1. The van der Waals surface area contributed by atoms with Gasteiger partial charge in [-0.2, -0.15) is 4.37 Å². The van der Waals surface area contributed by atoms with Gasteiger partial charge in [0.2, 0.25) is 11.0 Å². The second kappa shape index (κ2) is 11.9. The Morgan fingerprint density at radius 3 is 2.05 bits per heavy atom. The molecule has 1 unspecified atom stereocenters. The van der Waals surface area contributed by atoms with Crippen LogP contribution in [0.15, 0.2) is 115 Å². The lowest BCUT2D eigenvalue weighted by Gasteiger charge is -2.49. The molecule has 3 heterocycles. The number of aromatic nitrogens is 2. The van der Waals surface area contributed by atoms with E-state index in [0.717, 1.165) is 28.2 Å². The van der Waals surface area contributed by atoms with E-state index in [1.807, 2.05) is 54.6 Å². The normalized spacial score (nSPS) is 18.0. The van der Waals surface area contributed by atoms with Crippen LogP contribution in [0.5, 0.6) is 0 Å². The Morgan fingerprint density at radius 1 is 0.977 bits per heavy atom. The topological polar surface area (TPSA) is 125 Å².